The van der Waals surface area contributed by atoms with Gasteiger partial charge in [0.1, 0.15) is 0 Å². The van der Waals surface area contributed by atoms with Gasteiger partial charge in [-0.3, -0.25) is 4.79 Å². The van der Waals surface area contributed by atoms with Crippen molar-refractivity contribution in [1.29, 1.82) is 0 Å². The predicted octanol–water partition coefficient (Wildman–Crippen LogP) is 2.27. The smallest absolute Gasteiger partial charge is 0.395 e. The average molecular weight is 334 g/mol. The van der Waals surface area contributed by atoms with E-state index in [0.29, 0.717) is 9.70 Å². The minimum absolute atomic E-state index is 0.123. The number of alkyl halides is 3. The molecule has 0 unspecified atom stereocenters. The molecule has 2 N–H and O–H groups in total. The van der Waals surface area contributed by atoms with E-state index in [-0.39, 0.29) is 18.8 Å². The van der Waals surface area contributed by atoms with Gasteiger partial charge >= 0.3 is 6.18 Å². The minimum Gasteiger partial charge on any atom is -0.395 e. The number of amides is 1. The van der Waals surface area contributed by atoms with Gasteiger partial charge in [-0.05, 0) is 24.3 Å². The molecule has 0 spiro atoms. The van der Waals surface area contributed by atoms with Crippen molar-refractivity contribution >= 4 is 17.5 Å². The third-order valence-corrected chi connectivity index (χ3v) is 3.00. The van der Waals surface area contributed by atoms with Crippen molar-refractivity contribution in [1.82, 2.24) is 15.1 Å². The fourth-order valence-electron chi connectivity index (χ4n) is 1.83. The second-order valence-electron chi connectivity index (χ2n) is 4.27. The van der Waals surface area contributed by atoms with Crippen molar-refractivity contribution in [2.24, 2.45) is 0 Å². The molecule has 0 aliphatic heterocycles. The molecule has 5 nitrogen and oxygen atoms in total. The molecule has 0 saturated heterocycles. The number of aliphatic hydroxyl groups is 1. The topological polar surface area (TPSA) is 67.2 Å². The van der Waals surface area contributed by atoms with Crippen molar-refractivity contribution in [2.45, 2.75) is 6.18 Å². The van der Waals surface area contributed by atoms with E-state index in [2.05, 4.69) is 10.4 Å². The number of aromatic nitrogens is 2. The number of nitrogens with one attached hydrogen (secondary N) is 1. The third kappa shape index (κ3) is 3.40. The molecule has 0 atom stereocenters. The van der Waals surface area contributed by atoms with E-state index in [4.69, 9.17) is 16.7 Å². The number of rotatable bonds is 4. The van der Waals surface area contributed by atoms with E-state index < -0.39 is 23.3 Å². The van der Waals surface area contributed by atoms with Crippen LogP contribution in [-0.2, 0) is 6.18 Å². The molecule has 118 valence electrons. The van der Waals surface area contributed by atoms with E-state index in [9.17, 15) is 18.0 Å². The van der Waals surface area contributed by atoms with Crippen LogP contribution in [0, 0.1) is 0 Å². The van der Waals surface area contributed by atoms with Crippen molar-refractivity contribution in [3.8, 4) is 5.69 Å². The van der Waals surface area contributed by atoms with Crippen molar-refractivity contribution in [3.63, 3.8) is 0 Å². The summed E-state index contributed by atoms with van der Waals surface area (Å²) >= 11 is 5.70. The van der Waals surface area contributed by atoms with Crippen LogP contribution >= 0.6 is 11.6 Å². The van der Waals surface area contributed by atoms with Crippen molar-refractivity contribution in [3.05, 3.63) is 46.7 Å². The Morgan fingerprint density at radius 1 is 1.32 bits per heavy atom. The lowest BCUT2D eigenvalue weighted by molar-refractivity contribution is -0.143. The van der Waals surface area contributed by atoms with Crippen LogP contribution < -0.4 is 5.32 Å². The first-order valence-electron chi connectivity index (χ1n) is 6.15. The first-order valence-corrected chi connectivity index (χ1v) is 6.52. The lowest BCUT2D eigenvalue weighted by Crippen LogP contribution is -2.28. The highest BCUT2D eigenvalue weighted by Gasteiger charge is 2.40. The molecule has 1 heterocycles. The summed E-state index contributed by atoms with van der Waals surface area (Å²) in [6.45, 7) is -0.527. The monoisotopic (exact) mass is 333 g/mol. The molecule has 22 heavy (non-hydrogen) atoms. The molecule has 1 amide bonds. The summed E-state index contributed by atoms with van der Waals surface area (Å²) in [5, 5.41) is 14.8. The Morgan fingerprint density at radius 3 is 2.50 bits per heavy atom. The number of hydrogen-bond acceptors (Lipinski definition) is 3. The first-order chi connectivity index (χ1) is 10.3. The van der Waals surface area contributed by atoms with Gasteiger partial charge in [-0.25, -0.2) is 4.68 Å². The van der Waals surface area contributed by atoms with Gasteiger partial charge in [0.15, 0.2) is 5.69 Å². The Morgan fingerprint density at radius 2 is 1.95 bits per heavy atom. The van der Waals surface area contributed by atoms with Crippen LogP contribution in [-0.4, -0.2) is 33.9 Å². The van der Waals surface area contributed by atoms with E-state index in [1.807, 2.05) is 0 Å². The van der Waals surface area contributed by atoms with Gasteiger partial charge < -0.3 is 10.4 Å². The molecule has 1 aromatic carbocycles. The highest BCUT2D eigenvalue weighted by Crippen LogP contribution is 2.33. The van der Waals surface area contributed by atoms with Gasteiger partial charge in [0.2, 0.25) is 0 Å². The van der Waals surface area contributed by atoms with E-state index in [1.165, 1.54) is 24.3 Å². The quantitative estimate of drug-likeness (QED) is 0.902. The van der Waals surface area contributed by atoms with E-state index in [1.54, 1.807) is 0 Å². The molecule has 0 bridgehead atoms. The van der Waals surface area contributed by atoms with Crippen molar-refractivity contribution in [2.75, 3.05) is 13.2 Å². The summed E-state index contributed by atoms with van der Waals surface area (Å²) in [5.41, 5.74) is -1.68. The van der Waals surface area contributed by atoms with Gasteiger partial charge in [-0.15, -0.1) is 0 Å². The largest absolute Gasteiger partial charge is 0.434 e. The minimum atomic E-state index is -4.78. The molecule has 0 fully saturated rings. The highest BCUT2D eigenvalue weighted by atomic mass is 35.5. The Kier molecular flexibility index (Phi) is 4.72. The first kappa shape index (κ1) is 16.3. The van der Waals surface area contributed by atoms with Crippen LogP contribution in [0.2, 0.25) is 5.02 Å². The SMILES string of the molecule is O=C(NCCO)c1cnn(-c2ccc(Cl)cc2)c1C(F)(F)F. The van der Waals surface area contributed by atoms with Crippen LogP contribution in [0.4, 0.5) is 13.2 Å². The maximum Gasteiger partial charge on any atom is 0.434 e. The number of aliphatic hydroxyl groups excluding tert-OH is 1. The summed E-state index contributed by atoms with van der Waals surface area (Å²) in [5.74, 6) is -0.957. The van der Waals surface area contributed by atoms with E-state index >= 15 is 0 Å². The Labute approximate surface area is 128 Å². The number of carbonyl (C=O) groups excluding carboxylic acids is 1. The maximum absolute atomic E-state index is 13.3. The lowest BCUT2D eigenvalue weighted by atomic mass is 10.2. The van der Waals surface area contributed by atoms with Gasteiger partial charge in [0.25, 0.3) is 5.91 Å². The number of hydrogen-bond donors (Lipinski definition) is 2. The maximum atomic E-state index is 13.3. The molecule has 1 aromatic heterocycles. The normalized spacial score (nSPS) is 11.5. The Balaban J connectivity index is 2.50. The Bertz CT molecular complexity index is 668. The van der Waals surface area contributed by atoms with Crippen LogP contribution in [0.3, 0.4) is 0 Å². The molecular formula is C13H11ClF3N3O2. The Hall–Kier alpha value is -2.06. The number of benzene rings is 1. The summed E-state index contributed by atoms with van der Waals surface area (Å²) in [4.78, 5) is 11.8. The fourth-order valence-corrected chi connectivity index (χ4v) is 1.96. The van der Waals surface area contributed by atoms with E-state index in [0.717, 1.165) is 6.20 Å². The van der Waals surface area contributed by atoms with Crippen LogP contribution in [0.15, 0.2) is 30.5 Å². The molecular weight excluding hydrogens is 323 g/mol. The summed E-state index contributed by atoms with van der Waals surface area (Å²) < 4.78 is 40.4. The van der Waals surface area contributed by atoms with Gasteiger partial charge in [-0.1, -0.05) is 11.6 Å². The van der Waals surface area contributed by atoms with Crippen molar-refractivity contribution < 1.29 is 23.1 Å². The molecule has 0 aliphatic carbocycles. The number of nitrogens with zero attached hydrogens (tertiary/aromatic N) is 2. The zero-order valence-electron chi connectivity index (χ0n) is 11.1. The van der Waals surface area contributed by atoms with Gasteiger partial charge in [-0.2, -0.15) is 18.3 Å². The summed E-state index contributed by atoms with van der Waals surface area (Å²) in [6.07, 6.45) is -3.94. The van der Waals surface area contributed by atoms with Gasteiger partial charge in [0, 0.05) is 11.6 Å². The predicted molar refractivity (Wildman–Crippen MR) is 73.0 cm³/mol. The molecule has 0 radical (unpaired) electrons. The zero-order valence-corrected chi connectivity index (χ0v) is 11.8. The third-order valence-electron chi connectivity index (χ3n) is 2.75. The van der Waals surface area contributed by atoms with Crippen LogP contribution in [0.25, 0.3) is 5.69 Å². The lowest BCUT2D eigenvalue weighted by Gasteiger charge is -2.12. The summed E-state index contributed by atoms with van der Waals surface area (Å²) in [7, 11) is 0. The second kappa shape index (κ2) is 6.37. The highest BCUT2D eigenvalue weighted by molar-refractivity contribution is 6.30. The molecule has 0 aliphatic rings. The number of halogens is 4. The molecule has 0 saturated carbocycles. The van der Waals surface area contributed by atoms with Crippen LogP contribution in [0.5, 0.6) is 0 Å². The second-order valence-corrected chi connectivity index (χ2v) is 4.71. The summed E-state index contributed by atoms with van der Waals surface area (Å²) in [6, 6.07) is 5.56. The fraction of sp³-hybridized carbons (Fsp3) is 0.231. The van der Waals surface area contributed by atoms with Crippen LogP contribution in [0.1, 0.15) is 16.1 Å². The molecule has 2 aromatic rings. The standard InChI is InChI=1S/C13H11ClF3N3O2/c14-8-1-3-9(4-2-8)20-11(13(15,16)17)10(7-19-20)12(22)18-5-6-21/h1-4,7,21H,5-6H2,(H,18,22). The average Bonchev–Trinajstić information content (AvgIpc) is 2.90. The zero-order chi connectivity index (χ0) is 16.3. The molecule has 9 heteroatoms. The molecule has 2 rings (SSSR count). The number of carbonyl (C=O) groups is 1. The van der Waals surface area contributed by atoms with Gasteiger partial charge in [0.05, 0.1) is 24.1 Å².